The van der Waals surface area contributed by atoms with E-state index in [1.54, 1.807) is 66.7 Å². The number of aliphatic hydroxyl groups excluding tert-OH is 1. The molecule has 0 spiro atoms. The molecule has 0 aromatic heterocycles. The van der Waals surface area contributed by atoms with Crippen LogP contribution in [0.2, 0.25) is 0 Å². The first kappa shape index (κ1) is 20.6. The molecule has 7 nitrogen and oxygen atoms in total. The Morgan fingerprint density at radius 3 is 2.39 bits per heavy atom. The second-order valence-corrected chi connectivity index (χ2v) is 7.61. The summed E-state index contributed by atoms with van der Waals surface area (Å²) in [5, 5.41) is 11.3. The van der Waals surface area contributed by atoms with Gasteiger partial charge in [-0.1, -0.05) is 36.4 Å². The Hall–Kier alpha value is -4.26. The van der Waals surface area contributed by atoms with Crippen molar-refractivity contribution in [2.45, 2.75) is 6.04 Å². The molecule has 1 fully saturated rings. The van der Waals surface area contributed by atoms with Crippen LogP contribution in [0.4, 0.5) is 5.69 Å². The molecule has 2 aliphatic rings. The first-order valence-electron chi connectivity index (χ1n) is 10.5. The molecule has 2 aliphatic heterocycles. The smallest absolute Gasteiger partial charge is 0.300 e. The fourth-order valence-electron chi connectivity index (χ4n) is 4.22. The number of carbonyl (C=O) groups excluding carboxylic acids is 2. The summed E-state index contributed by atoms with van der Waals surface area (Å²) < 4.78 is 16.7. The van der Waals surface area contributed by atoms with Crippen LogP contribution in [0.25, 0.3) is 5.76 Å². The molecule has 7 heteroatoms. The maximum atomic E-state index is 13.3. The minimum atomic E-state index is -0.878. The van der Waals surface area contributed by atoms with Crippen LogP contribution in [-0.4, -0.2) is 37.1 Å². The summed E-state index contributed by atoms with van der Waals surface area (Å²) in [7, 11) is 1.52. The van der Waals surface area contributed by atoms with Crippen molar-refractivity contribution in [2.24, 2.45) is 0 Å². The second-order valence-electron chi connectivity index (χ2n) is 7.61. The summed E-state index contributed by atoms with van der Waals surface area (Å²) >= 11 is 0. The standard InChI is InChI=1S/C26H21NO6/c1-31-19-10-6-5-9-18(19)23-22(25(29)26(30)27(23)17-7-3-2-4-8-17)24(28)16-11-12-20-21(15-16)33-14-13-32-20/h2-12,15,23,28H,13-14H2,1H3/b24-22+. The number of ether oxygens (including phenoxy) is 3. The number of methoxy groups -OCH3 is 1. The van der Waals surface area contributed by atoms with Crippen molar-refractivity contribution in [2.75, 3.05) is 25.2 Å². The molecular weight excluding hydrogens is 422 g/mol. The molecular formula is C26H21NO6. The molecule has 1 saturated heterocycles. The van der Waals surface area contributed by atoms with Crippen LogP contribution in [0, 0.1) is 0 Å². The van der Waals surface area contributed by atoms with Gasteiger partial charge in [0.2, 0.25) is 0 Å². The van der Waals surface area contributed by atoms with E-state index >= 15 is 0 Å². The number of rotatable bonds is 4. The van der Waals surface area contributed by atoms with Gasteiger partial charge in [0.05, 0.1) is 18.7 Å². The molecule has 1 amide bonds. The normalized spacial score (nSPS) is 18.9. The lowest BCUT2D eigenvalue weighted by atomic mass is 9.94. The van der Waals surface area contributed by atoms with Crippen molar-refractivity contribution >= 4 is 23.1 Å². The van der Waals surface area contributed by atoms with Crippen molar-refractivity contribution < 1.29 is 28.9 Å². The van der Waals surface area contributed by atoms with Gasteiger partial charge in [0, 0.05) is 16.8 Å². The number of hydrogen-bond acceptors (Lipinski definition) is 6. The SMILES string of the molecule is COc1ccccc1C1/C(=C(\O)c2ccc3c(c2)OCCO3)C(=O)C(=O)N1c1ccccc1. The van der Waals surface area contributed by atoms with E-state index in [2.05, 4.69) is 0 Å². The van der Waals surface area contributed by atoms with Crippen molar-refractivity contribution in [1.82, 2.24) is 0 Å². The zero-order valence-corrected chi connectivity index (χ0v) is 17.9. The number of anilines is 1. The van der Waals surface area contributed by atoms with E-state index < -0.39 is 17.7 Å². The first-order valence-corrected chi connectivity index (χ1v) is 10.5. The number of hydrogen-bond donors (Lipinski definition) is 1. The molecule has 1 unspecified atom stereocenters. The minimum Gasteiger partial charge on any atom is -0.507 e. The Labute approximate surface area is 190 Å². The average molecular weight is 443 g/mol. The van der Waals surface area contributed by atoms with E-state index in [-0.39, 0.29) is 11.3 Å². The van der Waals surface area contributed by atoms with Crippen molar-refractivity contribution in [1.29, 1.82) is 0 Å². The molecule has 0 radical (unpaired) electrons. The van der Waals surface area contributed by atoms with Gasteiger partial charge in [-0.15, -0.1) is 0 Å². The largest absolute Gasteiger partial charge is 0.507 e. The molecule has 1 N–H and O–H groups in total. The molecule has 0 saturated carbocycles. The van der Waals surface area contributed by atoms with Gasteiger partial charge in [-0.2, -0.15) is 0 Å². The zero-order chi connectivity index (χ0) is 22.9. The van der Waals surface area contributed by atoms with Gasteiger partial charge in [0.15, 0.2) is 11.5 Å². The maximum absolute atomic E-state index is 13.3. The summed E-state index contributed by atoms with van der Waals surface area (Å²) in [6.07, 6.45) is 0. The highest BCUT2D eigenvalue weighted by Crippen LogP contribution is 2.45. The van der Waals surface area contributed by atoms with Gasteiger partial charge in [-0.05, 0) is 36.4 Å². The number of para-hydroxylation sites is 2. The number of nitrogens with zero attached hydrogens (tertiary/aromatic N) is 1. The lowest BCUT2D eigenvalue weighted by molar-refractivity contribution is -0.132. The van der Waals surface area contributed by atoms with Crippen LogP contribution in [0.1, 0.15) is 17.2 Å². The topological polar surface area (TPSA) is 85.3 Å². The molecule has 166 valence electrons. The van der Waals surface area contributed by atoms with Crippen LogP contribution in [0.5, 0.6) is 17.2 Å². The summed E-state index contributed by atoms with van der Waals surface area (Å²) in [6.45, 7) is 0.825. The summed E-state index contributed by atoms with van der Waals surface area (Å²) in [5.41, 5.74) is 1.45. The van der Waals surface area contributed by atoms with E-state index in [1.807, 2.05) is 6.07 Å². The maximum Gasteiger partial charge on any atom is 0.300 e. The molecule has 1 atom stereocenters. The van der Waals surface area contributed by atoms with Crippen molar-refractivity contribution in [3.05, 3.63) is 89.5 Å². The summed E-state index contributed by atoms with van der Waals surface area (Å²) in [5.74, 6) is -0.267. The Kier molecular flexibility index (Phi) is 5.22. The third-order valence-corrected chi connectivity index (χ3v) is 5.73. The van der Waals surface area contributed by atoms with Crippen molar-refractivity contribution in [3.63, 3.8) is 0 Å². The highest BCUT2D eigenvalue weighted by atomic mass is 16.6. The number of benzene rings is 3. The molecule has 3 aromatic rings. The molecule has 0 aliphatic carbocycles. The van der Waals surface area contributed by atoms with Crippen LogP contribution in [0.15, 0.2) is 78.4 Å². The lowest BCUT2D eigenvalue weighted by Gasteiger charge is -2.26. The minimum absolute atomic E-state index is 0.0231. The van der Waals surface area contributed by atoms with Gasteiger partial charge < -0.3 is 19.3 Å². The number of aliphatic hydroxyl groups is 1. The average Bonchev–Trinajstić information content (AvgIpc) is 3.13. The van der Waals surface area contributed by atoms with E-state index in [4.69, 9.17) is 14.2 Å². The Morgan fingerprint density at radius 2 is 1.64 bits per heavy atom. The number of ketones is 1. The van der Waals surface area contributed by atoms with Gasteiger partial charge in [-0.25, -0.2) is 0 Å². The molecule has 33 heavy (non-hydrogen) atoms. The third kappa shape index (κ3) is 3.47. The van der Waals surface area contributed by atoms with E-state index in [9.17, 15) is 14.7 Å². The quantitative estimate of drug-likeness (QED) is 0.371. The summed E-state index contributed by atoms with van der Waals surface area (Å²) in [4.78, 5) is 27.9. The fourth-order valence-corrected chi connectivity index (χ4v) is 4.22. The lowest BCUT2D eigenvalue weighted by Crippen LogP contribution is -2.29. The van der Waals surface area contributed by atoms with Gasteiger partial charge in [0.1, 0.15) is 24.7 Å². The molecule has 5 rings (SSSR count). The van der Waals surface area contributed by atoms with Crippen LogP contribution >= 0.6 is 0 Å². The number of fused-ring (bicyclic) bond motifs is 1. The molecule has 0 bridgehead atoms. The van der Waals surface area contributed by atoms with Crippen LogP contribution in [-0.2, 0) is 9.59 Å². The molecule has 3 aromatic carbocycles. The second kappa shape index (κ2) is 8.35. The van der Waals surface area contributed by atoms with Gasteiger partial charge >= 0.3 is 0 Å². The first-order chi connectivity index (χ1) is 16.1. The van der Waals surface area contributed by atoms with Crippen LogP contribution in [0.3, 0.4) is 0 Å². The number of Topliss-reactive ketones (excluding diaryl/α,β-unsaturated/α-hetero) is 1. The predicted molar refractivity (Wildman–Crippen MR) is 122 cm³/mol. The highest BCUT2D eigenvalue weighted by Gasteiger charge is 2.47. The van der Waals surface area contributed by atoms with Crippen LogP contribution < -0.4 is 19.1 Å². The zero-order valence-electron chi connectivity index (χ0n) is 17.9. The Balaban J connectivity index is 1.72. The number of amides is 1. The monoisotopic (exact) mass is 443 g/mol. The van der Waals surface area contributed by atoms with E-state index in [0.29, 0.717) is 47.3 Å². The third-order valence-electron chi connectivity index (χ3n) is 5.73. The van der Waals surface area contributed by atoms with E-state index in [1.165, 1.54) is 12.0 Å². The highest BCUT2D eigenvalue weighted by molar-refractivity contribution is 6.51. The Bertz CT molecular complexity index is 1270. The molecule has 2 heterocycles. The van der Waals surface area contributed by atoms with Crippen molar-refractivity contribution in [3.8, 4) is 17.2 Å². The van der Waals surface area contributed by atoms with E-state index in [0.717, 1.165) is 0 Å². The fraction of sp³-hybridized carbons (Fsp3) is 0.154. The summed E-state index contributed by atoms with van der Waals surface area (Å²) in [6, 6.07) is 20.1. The Morgan fingerprint density at radius 1 is 0.939 bits per heavy atom. The number of carbonyl (C=O) groups is 2. The predicted octanol–water partition coefficient (Wildman–Crippen LogP) is 4.09. The van der Waals surface area contributed by atoms with Gasteiger partial charge in [0.25, 0.3) is 11.7 Å². The van der Waals surface area contributed by atoms with Gasteiger partial charge in [-0.3, -0.25) is 14.5 Å².